The molecule has 7 heteroatoms. The number of halogens is 2. The minimum atomic E-state index is -3.18. The van der Waals surface area contributed by atoms with Crippen LogP contribution in [0.2, 0.25) is 0 Å². The van der Waals surface area contributed by atoms with Gasteiger partial charge in [-0.3, -0.25) is 9.88 Å². The number of rotatable bonds is 7. The molecule has 2 rings (SSSR count). The van der Waals surface area contributed by atoms with Crippen LogP contribution in [0.25, 0.3) is 0 Å². The molecule has 0 radical (unpaired) electrons. The first-order chi connectivity index (χ1) is 9.81. The Morgan fingerprint density at radius 3 is 2.29 bits per heavy atom. The molecule has 4 nitrogen and oxygen atoms in total. The molecular formula is C14H26Br2NO3P. The minimum Gasteiger partial charge on any atom is -0.308 e. The van der Waals surface area contributed by atoms with Crippen molar-refractivity contribution >= 4 is 39.5 Å². The fourth-order valence-corrected chi connectivity index (χ4v) is 8.19. The summed E-state index contributed by atoms with van der Waals surface area (Å²) in [6.07, 6.45) is 1.83. The van der Waals surface area contributed by atoms with E-state index in [-0.39, 0.29) is 6.04 Å². The zero-order chi connectivity index (χ0) is 15.8. The second kappa shape index (κ2) is 6.90. The second-order valence-corrected chi connectivity index (χ2v) is 10.8. The quantitative estimate of drug-likeness (QED) is 0.461. The largest absolute Gasteiger partial charge is 0.350 e. The fraction of sp³-hybridized carbons (Fsp3) is 1.00. The van der Waals surface area contributed by atoms with Gasteiger partial charge < -0.3 is 9.05 Å². The molecule has 2 saturated carbocycles. The van der Waals surface area contributed by atoms with Gasteiger partial charge in [0.05, 0.1) is 13.2 Å². The molecule has 0 aliphatic heterocycles. The van der Waals surface area contributed by atoms with Gasteiger partial charge in [0.1, 0.15) is 5.28 Å². The first-order valence-electron chi connectivity index (χ1n) is 7.76. The van der Waals surface area contributed by atoms with Crippen molar-refractivity contribution in [2.45, 2.75) is 61.5 Å². The van der Waals surface area contributed by atoms with Crippen LogP contribution in [0, 0.1) is 11.8 Å². The van der Waals surface area contributed by atoms with E-state index in [4.69, 9.17) is 9.05 Å². The first-order valence-corrected chi connectivity index (χ1v) is 11.1. The van der Waals surface area contributed by atoms with Gasteiger partial charge in [0.2, 0.25) is 0 Å². The van der Waals surface area contributed by atoms with E-state index >= 15 is 0 Å². The molecule has 1 N–H and O–H groups in total. The minimum absolute atomic E-state index is 0.239. The summed E-state index contributed by atoms with van der Waals surface area (Å²) in [6, 6.07) is 0.239. The van der Waals surface area contributed by atoms with E-state index in [0.29, 0.717) is 34.7 Å². The Labute approximate surface area is 144 Å². The third kappa shape index (κ3) is 3.06. The molecule has 2 aliphatic carbocycles. The van der Waals surface area contributed by atoms with Crippen LogP contribution in [0.1, 0.15) is 40.5 Å². The lowest BCUT2D eigenvalue weighted by Crippen LogP contribution is -2.64. The third-order valence-corrected chi connectivity index (χ3v) is 10.3. The molecule has 124 valence electrons. The molecule has 2 fully saturated rings. The molecule has 0 unspecified atom stereocenters. The normalized spacial score (nSPS) is 39.4. The number of fused-ring (bicyclic) bond motifs is 1. The Morgan fingerprint density at radius 2 is 1.86 bits per heavy atom. The predicted octanol–water partition coefficient (Wildman–Crippen LogP) is 4.51. The maximum atomic E-state index is 13.5. The van der Waals surface area contributed by atoms with E-state index in [1.807, 2.05) is 13.8 Å². The van der Waals surface area contributed by atoms with Gasteiger partial charge in [-0.15, -0.1) is 0 Å². The van der Waals surface area contributed by atoms with E-state index < -0.39 is 12.9 Å². The smallest absolute Gasteiger partial charge is 0.308 e. The van der Waals surface area contributed by atoms with Crippen LogP contribution in [0.15, 0.2) is 0 Å². The molecule has 0 aromatic rings. The maximum Gasteiger partial charge on any atom is 0.350 e. The van der Waals surface area contributed by atoms with Crippen molar-refractivity contribution in [3.63, 3.8) is 0 Å². The number of nitrogens with one attached hydrogen (secondary N) is 1. The van der Waals surface area contributed by atoms with Crippen molar-refractivity contribution < 1.29 is 13.6 Å². The monoisotopic (exact) mass is 445 g/mol. The third-order valence-electron chi connectivity index (χ3n) is 4.54. The van der Waals surface area contributed by atoms with Crippen LogP contribution in [-0.2, 0) is 13.6 Å². The van der Waals surface area contributed by atoms with Crippen LogP contribution in [0.5, 0.6) is 0 Å². The molecule has 21 heavy (non-hydrogen) atoms. The zero-order valence-electron chi connectivity index (χ0n) is 13.1. The average molecular weight is 447 g/mol. The van der Waals surface area contributed by atoms with Gasteiger partial charge in [0, 0.05) is 15.7 Å². The van der Waals surface area contributed by atoms with Crippen LogP contribution >= 0.6 is 39.5 Å². The number of alkyl halides is 2. The zero-order valence-corrected chi connectivity index (χ0v) is 17.2. The molecular weight excluding hydrogens is 421 g/mol. The van der Waals surface area contributed by atoms with Crippen molar-refractivity contribution in [2.24, 2.45) is 11.8 Å². The van der Waals surface area contributed by atoms with Gasteiger partial charge >= 0.3 is 7.60 Å². The summed E-state index contributed by atoms with van der Waals surface area (Å²) >= 11 is 7.52. The highest BCUT2D eigenvalue weighted by atomic mass is 79.9. The maximum absolute atomic E-state index is 13.5. The molecule has 0 amide bonds. The van der Waals surface area contributed by atoms with E-state index in [1.54, 1.807) is 0 Å². The number of hydrogen-bond acceptors (Lipinski definition) is 4. The van der Waals surface area contributed by atoms with Gasteiger partial charge in [0.25, 0.3) is 0 Å². The van der Waals surface area contributed by atoms with E-state index in [9.17, 15) is 4.57 Å². The van der Waals surface area contributed by atoms with Crippen LogP contribution < -0.4 is 5.32 Å². The van der Waals surface area contributed by atoms with E-state index in [2.05, 4.69) is 51.0 Å². The SMILES string of the molecule is CCOP(=O)(OCC)[C@]1(NC(C)C)C[C@H]2[C@H](Br)[C@@H](Br)C[C@H]21. The topological polar surface area (TPSA) is 47.6 Å². The highest BCUT2D eigenvalue weighted by Crippen LogP contribution is 2.74. The Kier molecular flexibility index (Phi) is 6.05. The number of hydrogen-bond donors (Lipinski definition) is 1. The second-order valence-electron chi connectivity index (χ2n) is 6.23. The Balaban J connectivity index is 2.33. The predicted molar refractivity (Wildman–Crippen MR) is 93.5 cm³/mol. The van der Waals surface area contributed by atoms with Crippen molar-refractivity contribution in [3.05, 3.63) is 0 Å². The fourth-order valence-electron chi connectivity index (χ4n) is 3.86. The first kappa shape index (κ1) is 18.4. The van der Waals surface area contributed by atoms with Gasteiger partial charge in [-0.05, 0) is 52.4 Å². The Bertz CT molecular complexity index is 413. The van der Waals surface area contributed by atoms with Gasteiger partial charge in [-0.2, -0.15) is 0 Å². The van der Waals surface area contributed by atoms with Crippen molar-refractivity contribution in [2.75, 3.05) is 13.2 Å². The standard InChI is InChI=1S/C14H26Br2NO3P/c1-5-19-21(18,20-6-2)14(17-9(3)4)8-10-11(14)7-12(15)13(10)16/h9-13,17H,5-8H2,1-4H3/t10-,11-,12+,13+,14-/m1/s1. The van der Waals surface area contributed by atoms with Crippen LogP contribution in [-0.4, -0.2) is 34.2 Å². The summed E-state index contributed by atoms with van der Waals surface area (Å²) in [7, 11) is -3.18. The average Bonchev–Trinajstić information content (AvgIpc) is 2.60. The lowest BCUT2D eigenvalue weighted by atomic mass is 9.70. The lowest BCUT2D eigenvalue weighted by Gasteiger charge is -2.56. The Morgan fingerprint density at radius 1 is 1.29 bits per heavy atom. The van der Waals surface area contributed by atoms with E-state index in [0.717, 1.165) is 12.8 Å². The highest BCUT2D eigenvalue weighted by Gasteiger charge is 2.69. The van der Waals surface area contributed by atoms with Gasteiger partial charge in [-0.1, -0.05) is 31.9 Å². The summed E-state index contributed by atoms with van der Waals surface area (Å²) in [5.74, 6) is 0.840. The van der Waals surface area contributed by atoms with Crippen LogP contribution in [0.3, 0.4) is 0 Å². The van der Waals surface area contributed by atoms with E-state index in [1.165, 1.54) is 0 Å². The molecule has 0 heterocycles. The molecule has 0 bridgehead atoms. The van der Waals surface area contributed by atoms with Crippen molar-refractivity contribution in [3.8, 4) is 0 Å². The lowest BCUT2D eigenvalue weighted by molar-refractivity contribution is 0.0510. The van der Waals surface area contributed by atoms with Gasteiger partial charge in [-0.25, -0.2) is 0 Å². The molecule has 0 saturated heterocycles. The summed E-state index contributed by atoms with van der Waals surface area (Å²) in [5, 5.41) is 3.03. The van der Waals surface area contributed by atoms with Crippen LogP contribution in [0.4, 0.5) is 0 Å². The summed E-state index contributed by atoms with van der Waals surface area (Å²) in [4.78, 5) is 0.848. The molecule has 0 aromatic carbocycles. The molecule has 0 spiro atoms. The molecule has 5 atom stereocenters. The van der Waals surface area contributed by atoms with Crippen molar-refractivity contribution in [1.29, 1.82) is 0 Å². The van der Waals surface area contributed by atoms with Gasteiger partial charge in [0.15, 0.2) is 0 Å². The highest BCUT2D eigenvalue weighted by molar-refractivity contribution is 9.12. The molecule has 0 aromatic heterocycles. The summed E-state index contributed by atoms with van der Waals surface area (Å²) < 4.78 is 24.9. The molecule has 2 aliphatic rings. The summed E-state index contributed by atoms with van der Waals surface area (Å²) in [6.45, 7) is 8.74. The Hall–Kier alpha value is 1.07. The van der Waals surface area contributed by atoms with Crippen molar-refractivity contribution in [1.82, 2.24) is 5.32 Å². The summed E-state index contributed by atoms with van der Waals surface area (Å²) in [5.41, 5.74) is 0.